The molecule has 0 saturated heterocycles. The average molecular weight is 301 g/mol. The summed E-state index contributed by atoms with van der Waals surface area (Å²) in [6.45, 7) is 2.15. The first kappa shape index (κ1) is 14.2. The van der Waals surface area contributed by atoms with Crippen molar-refractivity contribution in [2.75, 3.05) is 0 Å². The van der Waals surface area contributed by atoms with E-state index in [0.29, 0.717) is 12.1 Å². The third-order valence-electron chi connectivity index (χ3n) is 2.48. The van der Waals surface area contributed by atoms with Crippen molar-refractivity contribution >= 4 is 21.4 Å². The molecule has 0 aromatic carbocycles. The van der Waals surface area contributed by atoms with Crippen molar-refractivity contribution in [2.45, 2.75) is 30.3 Å². The summed E-state index contributed by atoms with van der Waals surface area (Å²) in [7, 11) is -3.53. The van der Waals surface area contributed by atoms with Gasteiger partial charge in [0.2, 0.25) is 10.0 Å². The zero-order valence-electron chi connectivity index (χ0n) is 10.4. The van der Waals surface area contributed by atoms with Crippen molar-refractivity contribution in [2.24, 2.45) is 0 Å². The van der Waals surface area contributed by atoms with Crippen LogP contribution in [0.15, 0.2) is 34.4 Å². The van der Waals surface area contributed by atoms with Crippen LogP contribution in [0.25, 0.3) is 0 Å². The van der Waals surface area contributed by atoms with Crippen LogP contribution < -0.4 is 4.72 Å². The van der Waals surface area contributed by atoms with E-state index in [0.717, 1.165) is 11.3 Å². The number of nitrogens with zero attached hydrogens (tertiary/aromatic N) is 2. The number of aromatic nitrogens is 2. The van der Waals surface area contributed by atoms with Gasteiger partial charge in [-0.05, 0) is 23.9 Å². The first-order valence-corrected chi connectivity index (χ1v) is 8.04. The summed E-state index contributed by atoms with van der Waals surface area (Å²) in [5, 5.41) is 10.6. The van der Waals surface area contributed by atoms with Crippen molar-refractivity contribution in [1.29, 1.82) is 0 Å². The number of aliphatic hydroxyl groups excluding tert-OH is 1. The van der Waals surface area contributed by atoms with Crippen LogP contribution in [0.1, 0.15) is 12.5 Å². The second-order valence-corrected chi connectivity index (χ2v) is 7.07. The van der Waals surface area contributed by atoms with Crippen molar-refractivity contribution in [3.8, 4) is 0 Å². The predicted octanol–water partition coefficient (Wildman–Crippen LogP) is 0.804. The molecule has 2 N–H and O–H groups in total. The lowest BCUT2D eigenvalue weighted by Crippen LogP contribution is -2.35. The van der Waals surface area contributed by atoms with Crippen molar-refractivity contribution in [1.82, 2.24) is 14.3 Å². The fourth-order valence-corrected chi connectivity index (χ4v) is 4.10. The molecule has 1 unspecified atom stereocenters. The average Bonchev–Trinajstić information content (AvgIpc) is 2.97. The molecule has 8 heteroatoms. The van der Waals surface area contributed by atoms with E-state index in [4.69, 9.17) is 5.11 Å². The molecule has 0 aliphatic rings. The molecule has 19 heavy (non-hydrogen) atoms. The molecule has 0 radical (unpaired) electrons. The van der Waals surface area contributed by atoms with Crippen LogP contribution in [0, 0.1) is 0 Å². The summed E-state index contributed by atoms with van der Waals surface area (Å²) in [6.07, 6.45) is 5.06. The highest BCUT2D eigenvalue weighted by Crippen LogP contribution is 2.20. The molecule has 0 bridgehead atoms. The number of hydrogen-bond acceptors (Lipinski definition) is 5. The molecule has 0 saturated carbocycles. The van der Waals surface area contributed by atoms with Crippen LogP contribution in [0.4, 0.5) is 0 Å². The Morgan fingerprint density at radius 3 is 2.95 bits per heavy atom. The second kappa shape index (κ2) is 5.83. The lowest BCUT2D eigenvalue weighted by molar-refractivity contribution is 0.282. The Labute approximate surface area is 115 Å². The van der Waals surface area contributed by atoms with E-state index in [1.54, 1.807) is 35.6 Å². The number of aliphatic hydroxyl groups is 1. The smallest absolute Gasteiger partial charge is 0.250 e. The molecule has 0 fully saturated rings. The third kappa shape index (κ3) is 3.63. The zero-order valence-corrected chi connectivity index (χ0v) is 12.0. The van der Waals surface area contributed by atoms with Crippen LogP contribution in [0.5, 0.6) is 0 Å². The van der Waals surface area contributed by atoms with E-state index >= 15 is 0 Å². The molecule has 104 valence electrons. The monoisotopic (exact) mass is 301 g/mol. The molecule has 2 rings (SSSR count). The number of nitrogens with one attached hydrogen (secondary N) is 1. The molecule has 2 aromatic rings. The van der Waals surface area contributed by atoms with E-state index in [1.165, 1.54) is 6.07 Å². The largest absolute Gasteiger partial charge is 0.392 e. The maximum atomic E-state index is 12.1. The molecule has 1 atom stereocenters. The van der Waals surface area contributed by atoms with Crippen LogP contribution in [-0.2, 0) is 23.2 Å². The van der Waals surface area contributed by atoms with E-state index in [2.05, 4.69) is 9.71 Å². The lowest BCUT2D eigenvalue weighted by atomic mass is 10.4. The van der Waals surface area contributed by atoms with Crippen LogP contribution >= 0.6 is 11.3 Å². The van der Waals surface area contributed by atoms with Gasteiger partial charge in [-0.3, -0.25) is 0 Å². The minimum Gasteiger partial charge on any atom is -0.392 e. The van der Waals surface area contributed by atoms with Gasteiger partial charge < -0.3 is 9.67 Å². The normalized spacial score (nSPS) is 13.6. The van der Waals surface area contributed by atoms with E-state index < -0.39 is 10.0 Å². The maximum absolute atomic E-state index is 12.1. The Kier molecular flexibility index (Phi) is 4.35. The first-order valence-electron chi connectivity index (χ1n) is 5.67. The summed E-state index contributed by atoms with van der Waals surface area (Å²) in [5.41, 5.74) is 0.604. The topological polar surface area (TPSA) is 84.2 Å². The van der Waals surface area contributed by atoms with Gasteiger partial charge in [0, 0.05) is 25.0 Å². The van der Waals surface area contributed by atoms with E-state index in [9.17, 15) is 8.42 Å². The maximum Gasteiger partial charge on any atom is 0.250 e. The quantitative estimate of drug-likeness (QED) is 0.827. The molecule has 2 heterocycles. The second-order valence-electron chi connectivity index (χ2n) is 4.21. The van der Waals surface area contributed by atoms with Crippen LogP contribution in [0.2, 0.25) is 0 Å². The van der Waals surface area contributed by atoms with Crippen molar-refractivity contribution in [3.05, 3.63) is 35.7 Å². The third-order valence-corrected chi connectivity index (χ3v) is 5.56. The molecule has 6 nitrogen and oxygen atoms in total. The standard InChI is InChI=1S/C11H15N3O3S2/c1-9(5-14-3-2-12-8-14)13-19(16,17)11-4-10(6-15)7-18-11/h2-4,7-9,13,15H,5-6H2,1H3. The van der Waals surface area contributed by atoms with Crippen molar-refractivity contribution < 1.29 is 13.5 Å². The summed E-state index contributed by atoms with van der Waals surface area (Å²) < 4.78 is 28.8. The van der Waals surface area contributed by atoms with Crippen LogP contribution in [0.3, 0.4) is 0 Å². The number of hydrogen-bond donors (Lipinski definition) is 2. The molecule has 0 amide bonds. The molecular formula is C11H15N3O3S2. The van der Waals surface area contributed by atoms with Crippen LogP contribution in [-0.4, -0.2) is 29.1 Å². The predicted molar refractivity (Wildman–Crippen MR) is 72.3 cm³/mol. The highest BCUT2D eigenvalue weighted by Gasteiger charge is 2.19. The summed E-state index contributed by atoms with van der Waals surface area (Å²) >= 11 is 1.10. The van der Waals surface area contributed by atoms with Crippen molar-refractivity contribution in [3.63, 3.8) is 0 Å². The molecule has 0 aliphatic heterocycles. The number of imidazole rings is 1. The van der Waals surface area contributed by atoms with Gasteiger partial charge in [0.1, 0.15) is 4.21 Å². The van der Waals surface area contributed by atoms with Gasteiger partial charge in [0.15, 0.2) is 0 Å². The zero-order chi connectivity index (χ0) is 13.9. The van der Waals surface area contributed by atoms with Gasteiger partial charge in [0.25, 0.3) is 0 Å². The number of thiophene rings is 1. The van der Waals surface area contributed by atoms with Gasteiger partial charge in [-0.15, -0.1) is 11.3 Å². The van der Waals surface area contributed by atoms with Gasteiger partial charge in [-0.25, -0.2) is 18.1 Å². The Morgan fingerprint density at radius 1 is 1.58 bits per heavy atom. The van der Waals surface area contributed by atoms with Gasteiger partial charge in [-0.1, -0.05) is 0 Å². The Morgan fingerprint density at radius 2 is 2.37 bits per heavy atom. The fraction of sp³-hybridized carbons (Fsp3) is 0.364. The fourth-order valence-electron chi connectivity index (χ4n) is 1.65. The molecule has 2 aromatic heterocycles. The minimum absolute atomic E-state index is 0.156. The highest BCUT2D eigenvalue weighted by atomic mass is 32.2. The molecule has 0 spiro atoms. The SMILES string of the molecule is CC(Cn1ccnc1)NS(=O)(=O)c1cc(CO)cs1. The summed E-state index contributed by atoms with van der Waals surface area (Å²) in [4.78, 5) is 3.90. The summed E-state index contributed by atoms with van der Waals surface area (Å²) in [5.74, 6) is 0. The summed E-state index contributed by atoms with van der Waals surface area (Å²) in [6, 6.07) is 1.23. The van der Waals surface area contributed by atoms with E-state index in [1.807, 2.05) is 0 Å². The first-order chi connectivity index (χ1) is 9.01. The van der Waals surface area contributed by atoms with Gasteiger partial charge in [0.05, 0.1) is 12.9 Å². The van der Waals surface area contributed by atoms with E-state index in [-0.39, 0.29) is 16.9 Å². The molecule has 0 aliphatic carbocycles. The minimum atomic E-state index is -3.53. The Hall–Kier alpha value is -1.22. The molecular weight excluding hydrogens is 286 g/mol. The Bertz CT molecular complexity index is 619. The highest BCUT2D eigenvalue weighted by molar-refractivity contribution is 7.91. The number of sulfonamides is 1. The lowest BCUT2D eigenvalue weighted by Gasteiger charge is -2.13. The number of rotatable bonds is 6. The Balaban J connectivity index is 2.04. The van der Waals surface area contributed by atoms with Gasteiger partial charge in [-0.2, -0.15) is 0 Å². The van der Waals surface area contributed by atoms with Gasteiger partial charge >= 0.3 is 0 Å².